The van der Waals surface area contributed by atoms with Crippen LogP contribution < -0.4 is 5.69 Å². The molecule has 3 aromatic rings. The van der Waals surface area contributed by atoms with Gasteiger partial charge < -0.3 is 4.90 Å². The Balaban J connectivity index is 1.86. The number of aryl methyl sites for hydroxylation is 1. The predicted molar refractivity (Wildman–Crippen MR) is 101 cm³/mol. The largest absolute Gasteiger partial charge is 0.337 e. The zero-order chi connectivity index (χ0) is 19.7. The second-order valence-electron chi connectivity index (χ2n) is 6.45. The van der Waals surface area contributed by atoms with E-state index in [0.717, 1.165) is 5.52 Å². The van der Waals surface area contributed by atoms with Crippen molar-refractivity contribution in [2.45, 2.75) is 19.5 Å². The molecule has 0 saturated heterocycles. The number of likely N-dealkylation sites (N-methyl/N-ethyl adjacent to an activating group) is 1. The second kappa shape index (κ2) is 7.06. The smallest absolute Gasteiger partial charge is 0.329 e. The van der Waals surface area contributed by atoms with Crippen molar-refractivity contribution < 1.29 is 9.72 Å². The van der Waals surface area contributed by atoms with Crippen molar-refractivity contribution in [3.63, 3.8) is 0 Å². The lowest BCUT2D eigenvalue weighted by Gasteiger charge is -2.25. The number of hydrogen-bond donors (Lipinski definition) is 0. The maximum absolute atomic E-state index is 12.8. The molecule has 0 aliphatic rings. The third-order valence-electron chi connectivity index (χ3n) is 4.88. The van der Waals surface area contributed by atoms with Gasteiger partial charge in [0.1, 0.15) is 6.54 Å². The van der Waals surface area contributed by atoms with Gasteiger partial charge in [-0.3, -0.25) is 24.0 Å². The van der Waals surface area contributed by atoms with Gasteiger partial charge in [0, 0.05) is 26.2 Å². The summed E-state index contributed by atoms with van der Waals surface area (Å²) in [6, 6.07) is 13.1. The molecule has 0 aliphatic heterocycles. The molecular weight excluding hydrogens is 348 g/mol. The van der Waals surface area contributed by atoms with Crippen LogP contribution in [0.5, 0.6) is 0 Å². The van der Waals surface area contributed by atoms with E-state index in [2.05, 4.69) is 0 Å². The number of para-hydroxylation sites is 2. The molecule has 0 radical (unpaired) electrons. The molecule has 1 heterocycles. The van der Waals surface area contributed by atoms with E-state index in [0.29, 0.717) is 11.1 Å². The van der Waals surface area contributed by atoms with Crippen LogP contribution in [0.1, 0.15) is 18.5 Å². The maximum Gasteiger partial charge on any atom is 0.329 e. The second-order valence-corrected chi connectivity index (χ2v) is 6.45. The van der Waals surface area contributed by atoms with Crippen LogP contribution in [0.15, 0.2) is 53.3 Å². The zero-order valence-electron chi connectivity index (χ0n) is 15.3. The highest BCUT2D eigenvalue weighted by Gasteiger charge is 2.21. The highest BCUT2D eigenvalue weighted by molar-refractivity contribution is 5.81. The number of non-ortho nitro benzene ring substituents is 1. The van der Waals surface area contributed by atoms with Gasteiger partial charge in [0.2, 0.25) is 5.91 Å². The molecule has 0 bridgehead atoms. The summed E-state index contributed by atoms with van der Waals surface area (Å²) in [7, 11) is 3.29. The van der Waals surface area contributed by atoms with E-state index >= 15 is 0 Å². The number of hydrogen-bond acceptors (Lipinski definition) is 4. The minimum absolute atomic E-state index is 0.0227. The molecule has 8 heteroatoms. The van der Waals surface area contributed by atoms with Crippen LogP contribution in [0, 0.1) is 10.1 Å². The molecule has 0 spiro atoms. The Labute approximate surface area is 155 Å². The quantitative estimate of drug-likeness (QED) is 0.511. The van der Waals surface area contributed by atoms with E-state index in [4.69, 9.17) is 0 Å². The molecule has 0 unspecified atom stereocenters. The lowest BCUT2D eigenvalue weighted by Crippen LogP contribution is -2.35. The SMILES string of the molecule is C[C@H](c1cccc([N+](=O)[O-])c1)N(C)C(=O)Cn1c(=O)n(C)c2ccccc21. The Kier molecular flexibility index (Phi) is 4.81. The van der Waals surface area contributed by atoms with Gasteiger partial charge in [0.15, 0.2) is 0 Å². The maximum atomic E-state index is 12.8. The van der Waals surface area contributed by atoms with Crippen LogP contribution in [0.3, 0.4) is 0 Å². The number of carbonyl (C=O) groups is 1. The lowest BCUT2D eigenvalue weighted by atomic mass is 10.1. The molecule has 2 aromatic carbocycles. The number of nitrogens with zero attached hydrogens (tertiary/aromatic N) is 4. The van der Waals surface area contributed by atoms with Gasteiger partial charge in [0.25, 0.3) is 5.69 Å². The van der Waals surface area contributed by atoms with Crippen molar-refractivity contribution in [2.24, 2.45) is 7.05 Å². The topological polar surface area (TPSA) is 90.4 Å². The molecule has 0 aliphatic carbocycles. The van der Waals surface area contributed by atoms with Crippen LogP contribution in [0.4, 0.5) is 5.69 Å². The first-order valence-corrected chi connectivity index (χ1v) is 8.45. The van der Waals surface area contributed by atoms with Gasteiger partial charge in [-0.15, -0.1) is 0 Å². The minimum Gasteiger partial charge on any atom is -0.337 e. The van der Waals surface area contributed by atoms with Crippen LogP contribution in [0.2, 0.25) is 0 Å². The number of nitro benzene ring substituents is 1. The molecule has 8 nitrogen and oxygen atoms in total. The third kappa shape index (κ3) is 3.33. The Bertz CT molecular complexity index is 1080. The molecule has 0 saturated carbocycles. The number of nitro groups is 1. The number of benzene rings is 2. The van der Waals surface area contributed by atoms with Crippen molar-refractivity contribution >= 4 is 22.6 Å². The molecular formula is C19H20N4O4. The molecule has 3 rings (SSSR count). The Morgan fingerprint density at radius 3 is 2.52 bits per heavy atom. The molecule has 140 valence electrons. The summed E-state index contributed by atoms with van der Waals surface area (Å²) >= 11 is 0. The van der Waals surface area contributed by atoms with E-state index < -0.39 is 4.92 Å². The monoisotopic (exact) mass is 368 g/mol. The molecule has 1 atom stereocenters. The van der Waals surface area contributed by atoms with Gasteiger partial charge in [0.05, 0.1) is 22.0 Å². The number of imidazole rings is 1. The van der Waals surface area contributed by atoms with Crippen LogP contribution in [-0.4, -0.2) is 31.9 Å². The third-order valence-corrected chi connectivity index (χ3v) is 4.88. The van der Waals surface area contributed by atoms with Gasteiger partial charge in [-0.25, -0.2) is 4.79 Å². The summed E-state index contributed by atoms with van der Waals surface area (Å²) in [6.07, 6.45) is 0. The molecule has 1 amide bonds. The molecule has 0 fully saturated rings. The first kappa shape index (κ1) is 18.4. The van der Waals surface area contributed by atoms with Crippen molar-refractivity contribution in [1.82, 2.24) is 14.0 Å². The highest BCUT2D eigenvalue weighted by Crippen LogP contribution is 2.23. The fraction of sp³-hybridized carbons (Fsp3) is 0.263. The number of aromatic nitrogens is 2. The predicted octanol–water partition coefficient (Wildman–Crippen LogP) is 2.47. The highest BCUT2D eigenvalue weighted by atomic mass is 16.6. The fourth-order valence-electron chi connectivity index (χ4n) is 3.10. The average molecular weight is 368 g/mol. The first-order chi connectivity index (χ1) is 12.8. The summed E-state index contributed by atoms with van der Waals surface area (Å²) in [6.45, 7) is 1.69. The van der Waals surface area contributed by atoms with E-state index in [1.165, 1.54) is 26.2 Å². The summed E-state index contributed by atoms with van der Waals surface area (Å²) in [4.78, 5) is 37.3. The molecule has 1 aromatic heterocycles. The van der Waals surface area contributed by atoms with Gasteiger partial charge in [-0.05, 0) is 24.6 Å². The Morgan fingerprint density at radius 2 is 1.85 bits per heavy atom. The van der Waals surface area contributed by atoms with Crippen molar-refractivity contribution in [1.29, 1.82) is 0 Å². The lowest BCUT2D eigenvalue weighted by molar-refractivity contribution is -0.384. The minimum atomic E-state index is -0.465. The van der Waals surface area contributed by atoms with Crippen molar-refractivity contribution in [2.75, 3.05) is 7.05 Å². The number of amides is 1. The van der Waals surface area contributed by atoms with E-state index in [1.54, 1.807) is 39.2 Å². The Morgan fingerprint density at radius 1 is 1.19 bits per heavy atom. The van der Waals surface area contributed by atoms with Crippen LogP contribution in [-0.2, 0) is 18.4 Å². The average Bonchev–Trinajstić information content (AvgIpc) is 2.92. The van der Waals surface area contributed by atoms with Gasteiger partial charge >= 0.3 is 5.69 Å². The van der Waals surface area contributed by atoms with E-state index in [-0.39, 0.29) is 29.9 Å². The van der Waals surface area contributed by atoms with E-state index in [9.17, 15) is 19.7 Å². The summed E-state index contributed by atoms with van der Waals surface area (Å²) < 4.78 is 2.95. The van der Waals surface area contributed by atoms with E-state index in [1.807, 2.05) is 18.2 Å². The fourth-order valence-corrected chi connectivity index (χ4v) is 3.10. The zero-order valence-corrected chi connectivity index (χ0v) is 15.3. The Hall–Kier alpha value is -3.42. The van der Waals surface area contributed by atoms with Crippen molar-refractivity contribution in [3.8, 4) is 0 Å². The summed E-state index contributed by atoms with van der Waals surface area (Å²) in [5, 5.41) is 11.0. The number of fused-ring (bicyclic) bond motifs is 1. The van der Waals surface area contributed by atoms with Gasteiger partial charge in [-0.2, -0.15) is 0 Å². The number of rotatable bonds is 5. The summed E-state index contributed by atoms with van der Waals surface area (Å²) in [5.74, 6) is -0.257. The van der Waals surface area contributed by atoms with Crippen molar-refractivity contribution in [3.05, 3.63) is 74.7 Å². The van der Waals surface area contributed by atoms with Crippen LogP contribution in [0.25, 0.3) is 11.0 Å². The van der Waals surface area contributed by atoms with Crippen LogP contribution >= 0.6 is 0 Å². The van der Waals surface area contributed by atoms with Gasteiger partial charge in [-0.1, -0.05) is 24.3 Å². The first-order valence-electron chi connectivity index (χ1n) is 8.45. The number of carbonyl (C=O) groups excluding carboxylic acids is 1. The summed E-state index contributed by atoms with van der Waals surface area (Å²) in [5.41, 5.74) is 1.82. The normalized spacial score (nSPS) is 12.1. The standard InChI is InChI=1S/C19H20N4O4/c1-13(14-7-6-8-15(11-14)23(26)27)20(2)18(24)12-22-17-10-5-4-9-16(17)21(3)19(22)25/h4-11,13H,12H2,1-3H3/t13-/m1/s1. The molecule has 27 heavy (non-hydrogen) atoms. The molecule has 0 N–H and O–H groups in total.